The first-order valence-corrected chi connectivity index (χ1v) is 6.77. The van der Waals surface area contributed by atoms with Gasteiger partial charge in [-0.25, -0.2) is 0 Å². The molecule has 0 atom stereocenters. The minimum Gasteiger partial charge on any atom is -0.267 e. The van der Waals surface area contributed by atoms with Gasteiger partial charge in [0.15, 0.2) is 0 Å². The maximum Gasteiger partial charge on any atom is -0.0537 e. The highest BCUT2D eigenvalue weighted by Crippen LogP contribution is 2.05. The van der Waals surface area contributed by atoms with Crippen LogP contribution >= 0.6 is 0 Å². The predicted octanol–water partition coefficient (Wildman–Crippen LogP) is 3.32. The molecule has 0 unspecified atom stereocenters. The van der Waals surface area contributed by atoms with Crippen LogP contribution in [0.3, 0.4) is 0 Å². The number of hydrogen-bond acceptors (Lipinski definition) is 0. The van der Waals surface area contributed by atoms with Crippen molar-refractivity contribution < 1.29 is 0 Å². The average Bonchev–Trinajstić information content (AvgIpc) is 1.80. The molecule has 0 fully saturated rings. The summed E-state index contributed by atoms with van der Waals surface area (Å²) in [5.74, 6) is 0. The molecular formula is C8H19Si-. The van der Waals surface area contributed by atoms with Gasteiger partial charge in [0, 0.05) is 0 Å². The molecule has 56 valence electrons. The Hall–Kier alpha value is 0.217. The molecule has 0 N–H and O–H groups in total. The summed E-state index contributed by atoms with van der Waals surface area (Å²) in [4.78, 5) is 0. The molecule has 0 saturated heterocycles. The molecule has 0 spiro atoms. The van der Waals surface area contributed by atoms with E-state index in [4.69, 9.17) is 0 Å². The Morgan fingerprint density at radius 2 is 1.67 bits per heavy atom. The molecule has 0 heterocycles. The van der Waals surface area contributed by atoms with Gasteiger partial charge >= 0.3 is 0 Å². The molecule has 0 radical (unpaired) electrons. The van der Waals surface area contributed by atoms with E-state index in [1.165, 1.54) is 31.7 Å². The van der Waals surface area contributed by atoms with Gasteiger partial charge in [0.1, 0.15) is 0 Å². The lowest BCUT2D eigenvalue weighted by Crippen LogP contribution is -1.97. The molecule has 0 bridgehead atoms. The van der Waals surface area contributed by atoms with Crippen LogP contribution < -0.4 is 0 Å². The van der Waals surface area contributed by atoms with E-state index in [2.05, 4.69) is 20.0 Å². The SMILES string of the molecule is CCCCCC[Si-](C)C. The molecular weight excluding hydrogens is 124 g/mol. The number of unbranched alkanes of at least 4 members (excludes halogenated alkanes) is 3. The van der Waals surface area contributed by atoms with Crippen molar-refractivity contribution in [2.45, 2.75) is 51.7 Å². The van der Waals surface area contributed by atoms with E-state index in [1.54, 1.807) is 0 Å². The van der Waals surface area contributed by atoms with Crippen LogP contribution in [0.1, 0.15) is 32.6 Å². The minimum atomic E-state index is 0.0849. The fourth-order valence-corrected chi connectivity index (χ4v) is 1.86. The Bertz CT molecular complexity index is 50.5. The highest BCUT2D eigenvalue weighted by atomic mass is 28.3. The lowest BCUT2D eigenvalue weighted by molar-refractivity contribution is 0.699. The van der Waals surface area contributed by atoms with Crippen LogP contribution in [-0.2, 0) is 0 Å². The Balaban J connectivity index is 2.75. The standard InChI is InChI=1S/C8H19Si/c1-4-5-6-7-8-9(2)3/h4-8H2,1-3H3/q-1. The second-order valence-corrected chi connectivity index (χ2v) is 5.93. The second kappa shape index (κ2) is 6.34. The van der Waals surface area contributed by atoms with Crippen molar-refractivity contribution in [1.82, 2.24) is 0 Å². The topological polar surface area (TPSA) is 0 Å². The monoisotopic (exact) mass is 143 g/mol. The van der Waals surface area contributed by atoms with E-state index in [0.717, 1.165) is 0 Å². The molecule has 0 aliphatic rings. The largest absolute Gasteiger partial charge is 0.267 e. The molecule has 0 amide bonds. The zero-order chi connectivity index (χ0) is 7.11. The molecule has 9 heavy (non-hydrogen) atoms. The maximum atomic E-state index is 2.40. The van der Waals surface area contributed by atoms with Gasteiger partial charge in [0.05, 0.1) is 0 Å². The van der Waals surface area contributed by atoms with Gasteiger partial charge in [0.2, 0.25) is 0 Å². The third kappa shape index (κ3) is 8.22. The molecule has 0 saturated carbocycles. The summed E-state index contributed by atoms with van der Waals surface area (Å²) in [7, 11) is 0.0849. The van der Waals surface area contributed by atoms with Crippen LogP contribution in [0, 0.1) is 0 Å². The van der Waals surface area contributed by atoms with Crippen LogP contribution in [0.5, 0.6) is 0 Å². The summed E-state index contributed by atoms with van der Waals surface area (Å²) in [6.45, 7) is 7.07. The van der Waals surface area contributed by atoms with Crippen LogP contribution in [0.15, 0.2) is 0 Å². The lowest BCUT2D eigenvalue weighted by Gasteiger charge is -2.13. The molecule has 0 aliphatic heterocycles. The Labute approximate surface area is 61.3 Å². The van der Waals surface area contributed by atoms with Crippen molar-refractivity contribution in [3.05, 3.63) is 0 Å². The molecule has 0 rings (SSSR count). The van der Waals surface area contributed by atoms with Crippen molar-refractivity contribution in [2.75, 3.05) is 0 Å². The van der Waals surface area contributed by atoms with Crippen LogP contribution in [-0.4, -0.2) is 8.80 Å². The first-order chi connectivity index (χ1) is 4.27. The Kier molecular flexibility index (Phi) is 6.49. The fourth-order valence-electron chi connectivity index (χ4n) is 0.905. The zero-order valence-electron chi connectivity index (χ0n) is 7.04. The van der Waals surface area contributed by atoms with Gasteiger partial charge in [-0.3, -0.25) is 8.80 Å². The molecule has 0 nitrogen and oxygen atoms in total. The minimum absolute atomic E-state index is 0.0849. The van der Waals surface area contributed by atoms with Crippen molar-refractivity contribution in [2.24, 2.45) is 0 Å². The predicted molar refractivity (Wildman–Crippen MR) is 46.4 cm³/mol. The van der Waals surface area contributed by atoms with E-state index in [9.17, 15) is 0 Å². The van der Waals surface area contributed by atoms with Gasteiger partial charge in [-0.05, 0) is 0 Å². The molecule has 1 heteroatoms. The maximum absolute atomic E-state index is 2.40. The van der Waals surface area contributed by atoms with Gasteiger partial charge in [-0.2, -0.15) is 19.1 Å². The molecule has 0 aliphatic carbocycles. The molecule has 0 aromatic rings. The summed E-state index contributed by atoms with van der Waals surface area (Å²) in [5.41, 5.74) is 0. The molecule has 0 aromatic heterocycles. The summed E-state index contributed by atoms with van der Waals surface area (Å²) >= 11 is 0. The van der Waals surface area contributed by atoms with Gasteiger partial charge < -0.3 is 0 Å². The quantitative estimate of drug-likeness (QED) is 0.409. The van der Waals surface area contributed by atoms with Crippen LogP contribution in [0.2, 0.25) is 19.1 Å². The molecule has 0 aromatic carbocycles. The van der Waals surface area contributed by atoms with Crippen molar-refractivity contribution in [3.63, 3.8) is 0 Å². The summed E-state index contributed by atoms with van der Waals surface area (Å²) in [6.07, 6.45) is 5.76. The first-order valence-electron chi connectivity index (χ1n) is 4.06. The number of rotatable bonds is 5. The van der Waals surface area contributed by atoms with E-state index in [-0.39, 0.29) is 8.80 Å². The van der Waals surface area contributed by atoms with Crippen LogP contribution in [0.25, 0.3) is 0 Å². The Morgan fingerprint density at radius 1 is 1.00 bits per heavy atom. The fraction of sp³-hybridized carbons (Fsp3) is 1.00. The zero-order valence-corrected chi connectivity index (χ0v) is 8.04. The van der Waals surface area contributed by atoms with Gasteiger partial charge in [0.25, 0.3) is 0 Å². The summed E-state index contributed by atoms with van der Waals surface area (Å²) in [6, 6.07) is 1.52. The average molecular weight is 143 g/mol. The summed E-state index contributed by atoms with van der Waals surface area (Å²) < 4.78 is 0. The summed E-state index contributed by atoms with van der Waals surface area (Å²) in [5, 5.41) is 0. The highest BCUT2D eigenvalue weighted by molar-refractivity contribution is 6.55. The Morgan fingerprint density at radius 3 is 2.11 bits per heavy atom. The van der Waals surface area contributed by atoms with E-state index >= 15 is 0 Å². The van der Waals surface area contributed by atoms with E-state index in [0.29, 0.717) is 0 Å². The van der Waals surface area contributed by atoms with Crippen molar-refractivity contribution in [3.8, 4) is 0 Å². The normalized spacial score (nSPS) is 10.7. The highest BCUT2D eigenvalue weighted by Gasteiger charge is 1.83. The van der Waals surface area contributed by atoms with Crippen LogP contribution in [0.4, 0.5) is 0 Å². The van der Waals surface area contributed by atoms with Crippen molar-refractivity contribution in [1.29, 1.82) is 0 Å². The second-order valence-electron chi connectivity index (χ2n) is 3.02. The van der Waals surface area contributed by atoms with Crippen molar-refractivity contribution >= 4 is 8.80 Å². The van der Waals surface area contributed by atoms with E-state index < -0.39 is 0 Å². The first kappa shape index (κ1) is 9.22. The smallest absolute Gasteiger partial charge is 0.0537 e. The lowest BCUT2D eigenvalue weighted by atomic mass is 10.2. The van der Waals surface area contributed by atoms with Gasteiger partial charge in [-0.15, -0.1) is 0 Å². The third-order valence-corrected chi connectivity index (χ3v) is 2.88. The third-order valence-electron chi connectivity index (χ3n) is 1.53. The van der Waals surface area contributed by atoms with Gasteiger partial charge in [-0.1, -0.05) is 32.6 Å². The van der Waals surface area contributed by atoms with E-state index in [1.807, 2.05) is 0 Å². The number of hydrogen-bond donors (Lipinski definition) is 0.